The Morgan fingerprint density at radius 1 is 1.00 bits per heavy atom. The number of benzene rings is 2. The Morgan fingerprint density at radius 2 is 1.80 bits per heavy atom. The molecule has 180 valence electrons. The minimum atomic E-state index is -0.906. The van der Waals surface area contributed by atoms with Crippen molar-refractivity contribution < 1.29 is 28.9 Å². The van der Waals surface area contributed by atoms with Gasteiger partial charge < -0.3 is 19.3 Å². The Labute approximate surface area is 203 Å². The molecule has 1 unspecified atom stereocenters. The van der Waals surface area contributed by atoms with Crippen LogP contribution in [0.25, 0.3) is 5.76 Å². The quantitative estimate of drug-likeness (QED) is 0.291. The topological polar surface area (TPSA) is 98.2 Å². The average Bonchev–Trinajstić information content (AvgIpc) is 3.15. The summed E-state index contributed by atoms with van der Waals surface area (Å²) in [6.45, 7) is 4.47. The van der Waals surface area contributed by atoms with Crippen molar-refractivity contribution in [1.82, 2.24) is 4.98 Å². The van der Waals surface area contributed by atoms with Crippen LogP contribution in [0.1, 0.15) is 31.0 Å². The highest BCUT2D eigenvalue weighted by atomic mass is 16.5. The van der Waals surface area contributed by atoms with Gasteiger partial charge in [0.15, 0.2) is 0 Å². The zero-order valence-corrected chi connectivity index (χ0v) is 19.7. The summed E-state index contributed by atoms with van der Waals surface area (Å²) < 4.78 is 16.6. The van der Waals surface area contributed by atoms with Crippen LogP contribution in [0, 0.1) is 0 Å². The molecule has 1 aliphatic heterocycles. The molecule has 0 radical (unpaired) electrons. The predicted molar refractivity (Wildman–Crippen MR) is 131 cm³/mol. The Hall–Kier alpha value is -4.33. The lowest BCUT2D eigenvalue weighted by molar-refractivity contribution is -0.132. The number of hydrogen-bond donors (Lipinski definition) is 1. The number of aliphatic hydroxyl groups excluding tert-OH is 1. The van der Waals surface area contributed by atoms with Gasteiger partial charge in [0.2, 0.25) is 0 Å². The number of methoxy groups -OCH3 is 1. The van der Waals surface area contributed by atoms with E-state index in [4.69, 9.17) is 14.2 Å². The number of nitrogens with zero attached hydrogens (tertiary/aromatic N) is 2. The number of rotatable bonds is 8. The Kier molecular flexibility index (Phi) is 7.01. The van der Waals surface area contributed by atoms with E-state index in [1.807, 2.05) is 13.8 Å². The van der Waals surface area contributed by atoms with E-state index >= 15 is 0 Å². The maximum absolute atomic E-state index is 13.4. The molecule has 0 spiro atoms. The van der Waals surface area contributed by atoms with Gasteiger partial charge in [0.25, 0.3) is 11.7 Å². The first-order valence-electron chi connectivity index (χ1n) is 11.2. The lowest BCUT2D eigenvalue weighted by Gasteiger charge is -2.25. The fraction of sp³-hybridized carbons (Fsp3) is 0.222. The van der Waals surface area contributed by atoms with Crippen LogP contribution >= 0.6 is 0 Å². The fourth-order valence-corrected chi connectivity index (χ4v) is 4.09. The molecule has 0 saturated carbocycles. The SMILES string of the molecule is CCOc1ccc(/C(O)=C2/C(=O)C(=O)N(c3cccc(OC)c3)C2c2cccnc2)c(OCC)c1. The molecule has 2 heterocycles. The highest BCUT2D eigenvalue weighted by molar-refractivity contribution is 6.51. The minimum absolute atomic E-state index is 0.0593. The smallest absolute Gasteiger partial charge is 0.300 e. The van der Waals surface area contributed by atoms with Crippen LogP contribution in [0.4, 0.5) is 5.69 Å². The average molecular weight is 475 g/mol. The standard InChI is InChI=1S/C27H26N2O6/c1-4-34-20-11-12-21(22(15-20)35-5-2)25(30)23-24(17-8-7-13-28-16-17)29(27(32)26(23)31)18-9-6-10-19(14-18)33-3/h6-16,24,30H,4-5H2,1-3H3/b25-23-. The van der Waals surface area contributed by atoms with Crippen molar-refractivity contribution in [1.29, 1.82) is 0 Å². The Balaban J connectivity index is 1.93. The predicted octanol–water partition coefficient (Wildman–Crippen LogP) is 4.51. The van der Waals surface area contributed by atoms with Crippen molar-refractivity contribution in [3.8, 4) is 17.2 Å². The van der Waals surface area contributed by atoms with Gasteiger partial charge in [-0.3, -0.25) is 19.5 Å². The molecule has 8 nitrogen and oxygen atoms in total. The summed E-state index contributed by atoms with van der Waals surface area (Å²) in [5.74, 6) is -0.483. The van der Waals surface area contributed by atoms with E-state index in [0.717, 1.165) is 0 Å². The first-order chi connectivity index (χ1) is 17.0. The zero-order chi connectivity index (χ0) is 24.9. The number of aromatic nitrogens is 1. The fourth-order valence-electron chi connectivity index (χ4n) is 4.09. The van der Waals surface area contributed by atoms with Gasteiger partial charge in [-0.05, 0) is 49.7 Å². The van der Waals surface area contributed by atoms with Crippen LogP contribution in [0.3, 0.4) is 0 Å². The summed E-state index contributed by atoms with van der Waals surface area (Å²) in [4.78, 5) is 32.2. The number of pyridine rings is 1. The number of ether oxygens (including phenoxy) is 3. The van der Waals surface area contributed by atoms with Crippen molar-refractivity contribution >= 4 is 23.1 Å². The van der Waals surface area contributed by atoms with E-state index in [9.17, 15) is 14.7 Å². The number of ketones is 1. The van der Waals surface area contributed by atoms with Gasteiger partial charge in [-0.1, -0.05) is 12.1 Å². The molecule has 0 aliphatic carbocycles. The molecule has 8 heteroatoms. The van der Waals surface area contributed by atoms with Gasteiger partial charge in [-0.15, -0.1) is 0 Å². The van der Waals surface area contributed by atoms with Gasteiger partial charge >= 0.3 is 0 Å². The largest absolute Gasteiger partial charge is 0.507 e. The number of amides is 1. The second-order valence-electron chi connectivity index (χ2n) is 7.68. The zero-order valence-electron chi connectivity index (χ0n) is 19.7. The van der Waals surface area contributed by atoms with Crippen molar-refractivity contribution in [2.45, 2.75) is 19.9 Å². The highest BCUT2D eigenvalue weighted by Gasteiger charge is 2.47. The van der Waals surface area contributed by atoms with Gasteiger partial charge in [0.05, 0.1) is 37.5 Å². The third-order valence-corrected chi connectivity index (χ3v) is 5.60. The molecule has 4 rings (SSSR count). The highest BCUT2D eigenvalue weighted by Crippen LogP contribution is 2.44. The lowest BCUT2D eigenvalue weighted by Crippen LogP contribution is -2.29. The molecular formula is C27H26N2O6. The Bertz CT molecular complexity index is 1270. The van der Waals surface area contributed by atoms with E-state index in [0.29, 0.717) is 41.7 Å². The molecule has 2 aromatic carbocycles. The van der Waals surface area contributed by atoms with Gasteiger partial charge in [-0.2, -0.15) is 0 Å². The molecule has 1 fully saturated rings. The third kappa shape index (κ3) is 4.55. The second kappa shape index (κ2) is 10.3. The number of anilines is 1. The lowest BCUT2D eigenvalue weighted by atomic mass is 9.95. The van der Waals surface area contributed by atoms with Gasteiger partial charge in [0.1, 0.15) is 23.0 Å². The molecule has 3 aromatic rings. The van der Waals surface area contributed by atoms with Gasteiger partial charge in [0, 0.05) is 30.2 Å². The monoisotopic (exact) mass is 474 g/mol. The first kappa shape index (κ1) is 23.8. The summed E-state index contributed by atoms with van der Waals surface area (Å²) in [7, 11) is 1.52. The molecule has 1 amide bonds. The van der Waals surface area contributed by atoms with E-state index < -0.39 is 17.7 Å². The first-order valence-corrected chi connectivity index (χ1v) is 11.2. The number of Topliss-reactive ketones (excluding diaryl/α,β-unsaturated/α-hetero) is 1. The number of hydrogen-bond acceptors (Lipinski definition) is 7. The molecule has 1 aromatic heterocycles. The molecule has 35 heavy (non-hydrogen) atoms. The van der Waals surface area contributed by atoms with Crippen molar-refractivity contribution in [2.24, 2.45) is 0 Å². The van der Waals surface area contributed by atoms with Crippen molar-refractivity contribution in [2.75, 3.05) is 25.2 Å². The number of carbonyl (C=O) groups is 2. The molecular weight excluding hydrogens is 448 g/mol. The summed E-state index contributed by atoms with van der Waals surface area (Å²) in [6, 6.07) is 14.4. The van der Waals surface area contributed by atoms with Crippen LogP contribution in [-0.2, 0) is 9.59 Å². The van der Waals surface area contributed by atoms with Crippen LogP contribution < -0.4 is 19.1 Å². The normalized spacial score (nSPS) is 16.9. The third-order valence-electron chi connectivity index (χ3n) is 5.60. The van der Waals surface area contributed by atoms with Crippen molar-refractivity contribution in [3.63, 3.8) is 0 Å². The molecule has 1 saturated heterocycles. The van der Waals surface area contributed by atoms with Crippen LogP contribution in [0.15, 0.2) is 72.6 Å². The minimum Gasteiger partial charge on any atom is -0.507 e. The maximum Gasteiger partial charge on any atom is 0.300 e. The van der Waals surface area contributed by atoms with E-state index in [2.05, 4.69) is 4.98 Å². The maximum atomic E-state index is 13.4. The molecule has 1 N–H and O–H groups in total. The molecule has 0 bridgehead atoms. The van der Waals surface area contributed by atoms with E-state index in [1.54, 1.807) is 67.0 Å². The summed E-state index contributed by atoms with van der Waals surface area (Å²) >= 11 is 0. The van der Waals surface area contributed by atoms with Crippen LogP contribution in [0.2, 0.25) is 0 Å². The number of aliphatic hydroxyl groups is 1. The van der Waals surface area contributed by atoms with Crippen molar-refractivity contribution in [3.05, 3.63) is 83.7 Å². The molecule has 1 atom stereocenters. The van der Waals surface area contributed by atoms with Gasteiger partial charge in [-0.25, -0.2) is 0 Å². The summed E-state index contributed by atoms with van der Waals surface area (Å²) in [5.41, 5.74) is 1.25. The number of carbonyl (C=O) groups excluding carboxylic acids is 2. The second-order valence-corrected chi connectivity index (χ2v) is 7.68. The van der Waals surface area contributed by atoms with E-state index in [-0.39, 0.29) is 16.9 Å². The molecule has 1 aliphatic rings. The van der Waals surface area contributed by atoms with Crippen LogP contribution in [-0.4, -0.2) is 42.1 Å². The summed E-state index contributed by atoms with van der Waals surface area (Å²) in [5, 5.41) is 11.4. The summed E-state index contributed by atoms with van der Waals surface area (Å²) in [6.07, 6.45) is 3.17. The van der Waals surface area contributed by atoms with Crippen LogP contribution in [0.5, 0.6) is 17.2 Å². The van der Waals surface area contributed by atoms with E-state index in [1.165, 1.54) is 12.0 Å². The Morgan fingerprint density at radius 3 is 2.49 bits per heavy atom.